The Hall–Kier alpha value is -7.83. The highest BCUT2D eigenvalue weighted by Crippen LogP contribution is 2.45. The van der Waals surface area contributed by atoms with Crippen LogP contribution in [0.25, 0.3) is 117 Å². The Morgan fingerprint density at radius 1 is 0.351 bits per heavy atom. The lowest BCUT2D eigenvalue weighted by Crippen LogP contribution is -2.00. The number of fused-ring (bicyclic) bond motifs is 10. The van der Waals surface area contributed by atoms with Crippen LogP contribution in [-0.4, -0.2) is 19.5 Å². The molecular formula is C51H30N4O2. The van der Waals surface area contributed by atoms with Gasteiger partial charge in [-0.25, -0.2) is 15.0 Å². The highest BCUT2D eigenvalue weighted by molar-refractivity contribution is 6.25. The predicted octanol–water partition coefficient (Wildman–Crippen LogP) is 13.4. The lowest BCUT2D eigenvalue weighted by molar-refractivity contribution is 0.663. The van der Waals surface area contributed by atoms with Crippen molar-refractivity contribution in [1.82, 2.24) is 19.5 Å². The number of hydrogen-bond donors (Lipinski definition) is 0. The third-order valence-electron chi connectivity index (χ3n) is 11.0. The first-order valence-electron chi connectivity index (χ1n) is 19.0. The summed E-state index contributed by atoms with van der Waals surface area (Å²) in [6.07, 6.45) is 0. The second-order valence-electron chi connectivity index (χ2n) is 14.4. The number of aromatic nitrogens is 4. The number of furan rings is 2. The van der Waals surface area contributed by atoms with Gasteiger partial charge in [-0.1, -0.05) is 127 Å². The van der Waals surface area contributed by atoms with Crippen molar-refractivity contribution in [2.45, 2.75) is 0 Å². The molecule has 0 bridgehead atoms. The van der Waals surface area contributed by atoms with E-state index >= 15 is 0 Å². The summed E-state index contributed by atoms with van der Waals surface area (Å²) in [5.41, 5.74) is 11.3. The standard InChI is InChI=1S/C51H30N4O2/c1-4-14-31(15-5-1)39-30-41-40-28-34(51-53-49(32-16-6-2-7-17-32)52-50(54-51)33-18-8-3-9-19-33)24-27-44(40)56-48(41)46-38-26-25-35(29-45(38)57-47(39)46)55-42-22-12-10-20-36(42)37-21-11-13-23-43(37)55/h1-30H. The van der Waals surface area contributed by atoms with Crippen molar-refractivity contribution in [3.8, 4) is 51.0 Å². The molecule has 6 nitrogen and oxygen atoms in total. The fourth-order valence-corrected chi connectivity index (χ4v) is 8.40. The zero-order valence-electron chi connectivity index (χ0n) is 30.4. The van der Waals surface area contributed by atoms with Crippen molar-refractivity contribution < 1.29 is 8.83 Å². The quantitative estimate of drug-likeness (QED) is 0.176. The van der Waals surface area contributed by atoms with Gasteiger partial charge in [0.15, 0.2) is 17.5 Å². The molecule has 0 amide bonds. The SMILES string of the molecule is c1ccc(-c2nc(-c3ccccc3)nc(-c3ccc4oc5c(cc(-c6ccccc6)c6oc7cc(-n8c9ccccc9c9ccccc98)ccc7c65)c4c3)n2)cc1. The monoisotopic (exact) mass is 730 g/mol. The van der Waals surface area contributed by atoms with Gasteiger partial charge >= 0.3 is 0 Å². The highest BCUT2D eigenvalue weighted by atomic mass is 16.3. The van der Waals surface area contributed by atoms with Crippen LogP contribution >= 0.6 is 0 Å². The van der Waals surface area contributed by atoms with Crippen LogP contribution in [0.5, 0.6) is 0 Å². The molecule has 0 atom stereocenters. The Balaban J connectivity index is 1.09. The molecule has 0 aliphatic heterocycles. The lowest BCUT2D eigenvalue weighted by Gasteiger charge is -2.08. The van der Waals surface area contributed by atoms with E-state index in [1.165, 1.54) is 10.8 Å². The largest absolute Gasteiger partial charge is 0.455 e. The van der Waals surface area contributed by atoms with Gasteiger partial charge in [0, 0.05) is 60.9 Å². The Morgan fingerprint density at radius 2 is 0.895 bits per heavy atom. The highest BCUT2D eigenvalue weighted by Gasteiger charge is 2.23. The second kappa shape index (κ2) is 12.3. The van der Waals surface area contributed by atoms with Gasteiger partial charge in [-0.15, -0.1) is 0 Å². The van der Waals surface area contributed by atoms with E-state index in [0.717, 1.165) is 88.4 Å². The van der Waals surface area contributed by atoms with Crippen LogP contribution in [0.4, 0.5) is 0 Å². The molecule has 0 N–H and O–H groups in total. The van der Waals surface area contributed by atoms with E-state index in [4.69, 9.17) is 23.8 Å². The summed E-state index contributed by atoms with van der Waals surface area (Å²) >= 11 is 0. The van der Waals surface area contributed by atoms with Crippen LogP contribution in [0.15, 0.2) is 191 Å². The van der Waals surface area contributed by atoms with E-state index in [2.05, 4.69) is 108 Å². The van der Waals surface area contributed by atoms with Crippen molar-refractivity contribution in [3.05, 3.63) is 182 Å². The van der Waals surface area contributed by atoms with E-state index in [1.807, 2.05) is 78.9 Å². The van der Waals surface area contributed by atoms with Crippen molar-refractivity contribution in [1.29, 1.82) is 0 Å². The molecule has 12 aromatic rings. The maximum atomic E-state index is 6.91. The molecule has 57 heavy (non-hydrogen) atoms. The first-order valence-corrected chi connectivity index (χ1v) is 19.0. The molecule has 0 saturated heterocycles. The molecule has 0 unspecified atom stereocenters. The molecule has 0 radical (unpaired) electrons. The minimum Gasteiger partial charge on any atom is -0.455 e. The second-order valence-corrected chi connectivity index (χ2v) is 14.4. The van der Waals surface area contributed by atoms with Crippen LogP contribution in [0, 0.1) is 0 Å². The number of rotatable bonds is 5. The van der Waals surface area contributed by atoms with Crippen molar-refractivity contribution in [2.75, 3.05) is 0 Å². The average molecular weight is 731 g/mol. The maximum absolute atomic E-state index is 6.91. The smallest absolute Gasteiger partial charge is 0.164 e. The maximum Gasteiger partial charge on any atom is 0.164 e. The number of nitrogens with zero attached hydrogens (tertiary/aromatic N) is 4. The van der Waals surface area contributed by atoms with E-state index in [1.54, 1.807) is 0 Å². The van der Waals surface area contributed by atoms with Gasteiger partial charge in [-0.05, 0) is 54.1 Å². The van der Waals surface area contributed by atoms with Crippen molar-refractivity contribution in [2.24, 2.45) is 0 Å². The van der Waals surface area contributed by atoms with Gasteiger partial charge in [0.05, 0.1) is 16.4 Å². The van der Waals surface area contributed by atoms with Gasteiger partial charge in [-0.2, -0.15) is 0 Å². The fraction of sp³-hybridized carbons (Fsp3) is 0. The topological polar surface area (TPSA) is 69.9 Å². The molecule has 4 aromatic heterocycles. The van der Waals surface area contributed by atoms with Crippen LogP contribution < -0.4 is 0 Å². The molecule has 0 spiro atoms. The number of hydrogen-bond acceptors (Lipinski definition) is 5. The predicted molar refractivity (Wildman–Crippen MR) is 230 cm³/mol. The fourth-order valence-electron chi connectivity index (χ4n) is 8.40. The van der Waals surface area contributed by atoms with E-state index < -0.39 is 0 Å². The molecule has 0 aliphatic carbocycles. The summed E-state index contributed by atoms with van der Waals surface area (Å²) < 4.78 is 16.0. The van der Waals surface area contributed by atoms with Gasteiger partial charge in [-0.3, -0.25) is 0 Å². The summed E-state index contributed by atoms with van der Waals surface area (Å²) in [6, 6.07) is 62.6. The minimum absolute atomic E-state index is 0.592. The molecule has 0 aliphatic rings. The van der Waals surface area contributed by atoms with Crippen LogP contribution in [0.1, 0.15) is 0 Å². The molecule has 0 fully saturated rings. The molecule has 8 aromatic carbocycles. The molecule has 12 rings (SSSR count). The first-order chi connectivity index (χ1) is 28.2. The summed E-state index contributed by atoms with van der Waals surface area (Å²) in [5, 5.41) is 6.35. The van der Waals surface area contributed by atoms with Crippen molar-refractivity contribution in [3.63, 3.8) is 0 Å². The van der Waals surface area contributed by atoms with Gasteiger partial charge in [0.25, 0.3) is 0 Å². The van der Waals surface area contributed by atoms with Gasteiger partial charge < -0.3 is 13.4 Å². The third kappa shape index (κ3) is 4.94. The van der Waals surface area contributed by atoms with E-state index in [0.29, 0.717) is 17.5 Å². The van der Waals surface area contributed by atoms with Crippen LogP contribution in [-0.2, 0) is 0 Å². The molecule has 6 heteroatoms. The zero-order valence-corrected chi connectivity index (χ0v) is 30.4. The Kier molecular flexibility index (Phi) is 6.83. The summed E-state index contributed by atoms with van der Waals surface area (Å²) in [7, 11) is 0. The average Bonchev–Trinajstić information content (AvgIpc) is 3.96. The van der Waals surface area contributed by atoms with Gasteiger partial charge in [0.1, 0.15) is 22.3 Å². The first kappa shape index (κ1) is 31.5. The Morgan fingerprint density at radius 3 is 1.53 bits per heavy atom. The summed E-state index contributed by atoms with van der Waals surface area (Å²) in [6.45, 7) is 0. The van der Waals surface area contributed by atoms with Crippen molar-refractivity contribution >= 4 is 65.7 Å². The third-order valence-corrected chi connectivity index (χ3v) is 11.0. The van der Waals surface area contributed by atoms with E-state index in [9.17, 15) is 0 Å². The van der Waals surface area contributed by atoms with E-state index in [-0.39, 0.29) is 0 Å². The number of para-hydroxylation sites is 2. The normalized spacial score (nSPS) is 11.9. The minimum atomic E-state index is 0.592. The van der Waals surface area contributed by atoms with Gasteiger partial charge in [0.2, 0.25) is 0 Å². The molecule has 0 saturated carbocycles. The summed E-state index contributed by atoms with van der Waals surface area (Å²) in [5.74, 6) is 1.83. The molecular weight excluding hydrogens is 701 g/mol. The van der Waals surface area contributed by atoms with Crippen LogP contribution in [0.3, 0.4) is 0 Å². The summed E-state index contributed by atoms with van der Waals surface area (Å²) in [4.78, 5) is 14.9. The Labute approximate surface area is 325 Å². The Bertz CT molecular complexity index is 3400. The molecule has 4 heterocycles. The number of benzene rings is 8. The zero-order chi connectivity index (χ0) is 37.5. The molecule has 266 valence electrons. The van der Waals surface area contributed by atoms with Crippen LogP contribution in [0.2, 0.25) is 0 Å². The lowest BCUT2D eigenvalue weighted by atomic mass is 9.98.